The van der Waals surface area contributed by atoms with Gasteiger partial charge in [-0.2, -0.15) is 0 Å². The van der Waals surface area contributed by atoms with Crippen LogP contribution in [0.4, 0.5) is 0 Å². The predicted octanol–water partition coefficient (Wildman–Crippen LogP) is 4.61. The molecule has 0 fully saturated rings. The standard InChI is InChI=1S/C17H24N2S/c1-5-10-18-11-15-12-19-16(20-15)13-6-8-14(9-7-13)17(2,3)4/h6-9,12,18H,5,10-11H2,1-4H3. The molecule has 0 amide bonds. The lowest BCUT2D eigenvalue weighted by atomic mass is 9.87. The molecule has 0 saturated carbocycles. The van der Waals surface area contributed by atoms with Gasteiger partial charge in [-0.25, -0.2) is 4.98 Å². The van der Waals surface area contributed by atoms with Crippen LogP contribution in [0.2, 0.25) is 0 Å². The molecule has 0 unspecified atom stereocenters. The van der Waals surface area contributed by atoms with E-state index in [0.717, 1.165) is 18.1 Å². The summed E-state index contributed by atoms with van der Waals surface area (Å²) < 4.78 is 0. The highest BCUT2D eigenvalue weighted by Crippen LogP contribution is 2.28. The van der Waals surface area contributed by atoms with E-state index in [2.05, 4.69) is 62.3 Å². The van der Waals surface area contributed by atoms with Gasteiger partial charge in [-0.15, -0.1) is 11.3 Å². The van der Waals surface area contributed by atoms with Gasteiger partial charge in [0.2, 0.25) is 0 Å². The Bertz CT molecular complexity index is 535. The van der Waals surface area contributed by atoms with Crippen LogP contribution in [0.15, 0.2) is 30.5 Å². The maximum atomic E-state index is 4.54. The van der Waals surface area contributed by atoms with E-state index in [1.54, 1.807) is 11.3 Å². The van der Waals surface area contributed by atoms with Crippen LogP contribution in [0, 0.1) is 0 Å². The zero-order valence-corrected chi connectivity index (χ0v) is 13.7. The molecule has 0 radical (unpaired) electrons. The van der Waals surface area contributed by atoms with Crippen LogP contribution in [-0.2, 0) is 12.0 Å². The van der Waals surface area contributed by atoms with Crippen LogP contribution in [0.3, 0.4) is 0 Å². The van der Waals surface area contributed by atoms with Crippen LogP contribution >= 0.6 is 11.3 Å². The molecule has 1 aromatic carbocycles. The van der Waals surface area contributed by atoms with Crippen molar-refractivity contribution in [3.63, 3.8) is 0 Å². The number of nitrogens with one attached hydrogen (secondary N) is 1. The summed E-state index contributed by atoms with van der Waals surface area (Å²) in [6, 6.07) is 8.79. The second-order valence-electron chi connectivity index (χ2n) is 6.14. The predicted molar refractivity (Wildman–Crippen MR) is 88.2 cm³/mol. The van der Waals surface area contributed by atoms with Crippen molar-refractivity contribution in [1.82, 2.24) is 10.3 Å². The van der Waals surface area contributed by atoms with Gasteiger partial charge in [0.05, 0.1) is 0 Å². The quantitative estimate of drug-likeness (QED) is 0.813. The van der Waals surface area contributed by atoms with Crippen LogP contribution < -0.4 is 5.32 Å². The van der Waals surface area contributed by atoms with E-state index in [9.17, 15) is 0 Å². The lowest BCUT2D eigenvalue weighted by Crippen LogP contribution is -2.12. The monoisotopic (exact) mass is 288 g/mol. The molecule has 1 heterocycles. The van der Waals surface area contributed by atoms with Crippen LogP contribution in [-0.4, -0.2) is 11.5 Å². The molecular weight excluding hydrogens is 264 g/mol. The van der Waals surface area contributed by atoms with Crippen molar-refractivity contribution >= 4 is 11.3 Å². The number of nitrogens with zero attached hydrogens (tertiary/aromatic N) is 1. The molecule has 2 aromatic rings. The van der Waals surface area contributed by atoms with Gasteiger partial charge in [-0.05, 0) is 23.9 Å². The second-order valence-corrected chi connectivity index (χ2v) is 7.25. The van der Waals surface area contributed by atoms with Gasteiger partial charge >= 0.3 is 0 Å². The summed E-state index contributed by atoms with van der Waals surface area (Å²) in [5.74, 6) is 0. The molecule has 0 aliphatic rings. The molecule has 1 N–H and O–H groups in total. The fourth-order valence-electron chi connectivity index (χ4n) is 2.02. The fourth-order valence-corrected chi connectivity index (χ4v) is 2.91. The Labute approximate surface area is 126 Å². The summed E-state index contributed by atoms with van der Waals surface area (Å²) in [6.45, 7) is 10.9. The minimum atomic E-state index is 0.205. The van der Waals surface area contributed by atoms with E-state index < -0.39 is 0 Å². The molecule has 2 rings (SSSR count). The Kier molecular flexibility index (Phi) is 4.95. The average Bonchev–Trinajstić information content (AvgIpc) is 2.87. The van der Waals surface area contributed by atoms with Gasteiger partial charge in [0, 0.05) is 23.2 Å². The summed E-state index contributed by atoms with van der Waals surface area (Å²) in [5, 5.41) is 4.53. The maximum absolute atomic E-state index is 4.54. The Balaban J connectivity index is 2.08. The Hall–Kier alpha value is -1.19. The first-order valence-corrected chi connectivity index (χ1v) is 8.08. The van der Waals surface area contributed by atoms with Gasteiger partial charge in [0.1, 0.15) is 5.01 Å². The third-order valence-corrected chi connectivity index (χ3v) is 4.32. The first kappa shape index (κ1) is 15.2. The zero-order chi connectivity index (χ0) is 14.6. The topological polar surface area (TPSA) is 24.9 Å². The number of rotatable bonds is 5. The zero-order valence-electron chi connectivity index (χ0n) is 12.9. The van der Waals surface area contributed by atoms with Crippen LogP contribution in [0.5, 0.6) is 0 Å². The molecule has 2 nitrogen and oxygen atoms in total. The van der Waals surface area contributed by atoms with Gasteiger partial charge in [-0.3, -0.25) is 0 Å². The van der Waals surface area contributed by atoms with E-state index in [0.29, 0.717) is 0 Å². The molecule has 1 aromatic heterocycles. The van der Waals surface area contributed by atoms with E-state index in [1.807, 2.05) is 6.20 Å². The molecule has 20 heavy (non-hydrogen) atoms. The summed E-state index contributed by atoms with van der Waals surface area (Å²) in [4.78, 5) is 5.83. The van der Waals surface area contributed by atoms with E-state index in [4.69, 9.17) is 0 Å². The van der Waals surface area contributed by atoms with Crippen molar-refractivity contribution < 1.29 is 0 Å². The van der Waals surface area contributed by atoms with E-state index in [-0.39, 0.29) is 5.41 Å². The fraction of sp³-hybridized carbons (Fsp3) is 0.471. The number of aromatic nitrogens is 1. The van der Waals surface area contributed by atoms with E-state index in [1.165, 1.54) is 22.4 Å². The molecule has 3 heteroatoms. The van der Waals surface area contributed by atoms with Crippen molar-refractivity contribution in [2.45, 2.75) is 46.1 Å². The summed E-state index contributed by atoms with van der Waals surface area (Å²) in [6.07, 6.45) is 3.15. The minimum Gasteiger partial charge on any atom is -0.312 e. The lowest BCUT2D eigenvalue weighted by Gasteiger charge is -2.18. The second kappa shape index (κ2) is 6.51. The first-order valence-electron chi connectivity index (χ1n) is 7.27. The van der Waals surface area contributed by atoms with Crippen molar-refractivity contribution in [3.05, 3.63) is 40.9 Å². The molecule has 0 bridgehead atoms. The third kappa shape index (κ3) is 3.90. The molecule has 0 aliphatic heterocycles. The average molecular weight is 288 g/mol. The van der Waals surface area contributed by atoms with Crippen molar-refractivity contribution in [3.8, 4) is 10.6 Å². The highest BCUT2D eigenvalue weighted by Gasteiger charge is 2.13. The molecule has 0 atom stereocenters. The normalized spacial score (nSPS) is 11.8. The first-order chi connectivity index (χ1) is 9.50. The van der Waals surface area contributed by atoms with Crippen molar-refractivity contribution in [2.24, 2.45) is 0 Å². The Morgan fingerprint density at radius 2 is 1.85 bits per heavy atom. The highest BCUT2D eigenvalue weighted by atomic mass is 32.1. The minimum absolute atomic E-state index is 0.205. The van der Waals surface area contributed by atoms with Gasteiger partial charge in [-0.1, -0.05) is 52.0 Å². The number of thiazole rings is 1. The van der Waals surface area contributed by atoms with E-state index >= 15 is 0 Å². The Morgan fingerprint density at radius 3 is 2.45 bits per heavy atom. The van der Waals surface area contributed by atoms with Gasteiger partial charge in [0.15, 0.2) is 0 Å². The molecule has 0 aliphatic carbocycles. The van der Waals surface area contributed by atoms with Crippen LogP contribution in [0.25, 0.3) is 10.6 Å². The number of hydrogen-bond acceptors (Lipinski definition) is 3. The third-order valence-electron chi connectivity index (χ3n) is 3.28. The van der Waals surface area contributed by atoms with Gasteiger partial charge in [0.25, 0.3) is 0 Å². The summed E-state index contributed by atoms with van der Waals surface area (Å²) in [7, 11) is 0. The van der Waals surface area contributed by atoms with Crippen molar-refractivity contribution in [2.75, 3.05) is 6.54 Å². The SMILES string of the molecule is CCCNCc1cnc(-c2ccc(C(C)(C)C)cc2)s1. The molecule has 0 spiro atoms. The smallest absolute Gasteiger partial charge is 0.123 e. The highest BCUT2D eigenvalue weighted by molar-refractivity contribution is 7.15. The van der Waals surface area contributed by atoms with Gasteiger partial charge < -0.3 is 5.32 Å². The number of benzene rings is 1. The maximum Gasteiger partial charge on any atom is 0.123 e. The largest absolute Gasteiger partial charge is 0.312 e. The molecule has 108 valence electrons. The van der Waals surface area contributed by atoms with Crippen LogP contribution in [0.1, 0.15) is 44.6 Å². The summed E-state index contributed by atoms with van der Waals surface area (Å²) in [5.41, 5.74) is 2.78. The molecule has 0 saturated heterocycles. The Morgan fingerprint density at radius 1 is 1.15 bits per heavy atom. The number of hydrogen-bond donors (Lipinski definition) is 1. The van der Waals surface area contributed by atoms with Crippen molar-refractivity contribution in [1.29, 1.82) is 0 Å². The summed E-state index contributed by atoms with van der Waals surface area (Å²) >= 11 is 1.78. The lowest BCUT2D eigenvalue weighted by molar-refractivity contribution is 0.590. The molecular formula is C17H24N2S.